The molecule has 4 nitrogen and oxygen atoms in total. The predicted molar refractivity (Wildman–Crippen MR) is 112 cm³/mol. The van der Waals surface area contributed by atoms with Gasteiger partial charge in [0.2, 0.25) is 5.91 Å². The lowest BCUT2D eigenvalue weighted by Gasteiger charge is -2.32. The van der Waals surface area contributed by atoms with E-state index in [4.69, 9.17) is 0 Å². The van der Waals surface area contributed by atoms with Gasteiger partial charge in [-0.3, -0.25) is 4.79 Å². The highest BCUT2D eigenvalue weighted by Crippen LogP contribution is 2.47. The summed E-state index contributed by atoms with van der Waals surface area (Å²) in [5.41, 5.74) is 2.50. The molecule has 2 N–H and O–H groups in total. The Balaban J connectivity index is 0.00000243. The maximum atomic E-state index is 12.0. The number of anilines is 2. The van der Waals surface area contributed by atoms with Crippen molar-refractivity contribution in [3.05, 3.63) is 48.5 Å². The molecule has 1 aliphatic heterocycles. The largest absolute Gasteiger partial charge is 0.356 e. The first-order valence-corrected chi connectivity index (χ1v) is 9.58. The van der Waals surface area contributed by atoms with Gasteiger partial charge in [0.05, 0.1) is 11.4 Å². The number of hydrogen-bond acceptors (Lipinski definition) is 4. The molecule has 1 unspecified atom stereocenters. The molecular weight excluding hydrogens is 366 g/mol. The zero-order valence-corrected chi connectivity index (χ0v) is 16.8. The van der Waals surface area contributed by atoms with Crippen LogP contribution in [-0.2, 0) is 4.79 Å². The molecule has 2 aromatic carbocycles. The second kappa shape index (κ2) is 9.86. The van der Waals surface area contributed by atoms with Crippen molar-refractivity contribution in [3.8, 4) is 0 Å². The molecule has 26 heavy (non-hydrogen) atoms. The van der Waals surface area contributed by atoms with Crippen molar-refractivity contribution in [1.82, 2.24) is 10.6 Å². The van der Waals surface area contributed by atoms with Crippen molar-refractivity contribution in [2.24, 2.45) is 5.92 Å². The van der Waals surface area contributed by atoms with Crippen LogP contribution in [0, 0.1) is 5.92 Å². The number of para-hydroxylation sites is 2. The standard InChI is InChI=1S/C20H25N3OS.ClH/c1-15(14-21-2)20(24)22-12-7-13-23-16-8-3-5-10-18(16)25-19-11-6-4-9-17(19)23;/h3-6,8-11,15,21H,7,12-14H2,1-2H3,(H,22,24);1H. The number of rotatable bonds is 7. The smallest absolute Gasteiger partial charge is 0.224 e. The Kier molecular flexibility index (Phi) is 7.82. The molecule has 2 aromatic rings. The molecule has 1 aliphatic rings. The summed E-state index contributed by atoms with van der Waals surface area (Å²) in [6.45, 7) is 4.23. The highest BCUT2D eigenvalue weighted by Gasteiger charge is 2.22. The van der Waals surface area contributed by atoms with Gasteiger partial charge < -0.3 is 15.5 Å². The van der Waals surface area contributed by atoms with Crippen LogP contribution >= 0.6 is 24.2 Å². The summed E-state index contributed by atoms with van der Waals surface area (Å²) >= 11 is 1.82. The predicted octanol–water partition coefficient (Wildman–Crippen LogP) is 4.07. The fourth-order valence-electron chi connectivity index (χ4n) is 3.04. The molecule has 1 heterocycles. The number of fused-ring (bicyclic) bond motifs is 2. The average Bonchev–Trinajstić information content (AvgIpc) is 2.64. The fraction of sp³-hybridized carbons (Fsp3) is 0.350. The van der Waals surface area contributed by atoms with Gasteiger partial charge in [0.15, 0.2) is 0 Å². The van der Waals surface area contributed by atoms with Gasteiger partial charge >= 0.3 is 0 Å². The van der Waals surface area contributed by atoms with Gasteiger partial charge in [0, 0.05) is 35.3 Å². The number of nitrogens with one attached hydrogen (secondary N) is 2. The lowest BCUT2D eigenvalue weighted by Crippen LogP contribution is -2.35. The van der Waals surface area contributed by atoms with Gasteiger partial charge in [-0.2, -0.15) is 0 Å². The number of hydrogen-bond donors (Lipinski definition) is 2. The van der Waals surface area contributed by atoms with Gasteiger partial charge in [0.25, 0.3) is 0 Å². The number of halogens is 1. The van der Waals surface area contributed by atoms with Crippen LogP contribution in [0.1, 0.15) is 13.3 Å². The highest BCUT2D eigenvalue weighted by molar-refractivity contribution is 7.99. The Morgan fingerprint density at radius 2 is 1.65 bits per heavy atom. The Labute approximate surface area is 166 Å². The third kappa shape index (κ3) is 4.72. The van der Waals surface area contributed by atoms with Gasteiger partial charge in [0.1, 0.15) is 0 Å². The maximum absolute atomic E-state index is 12.0. The molecule has 0 bridgehead atoms. The van der Waals surface area contributed by atoms with E-state index in [-0.39, 0.29) is 24.2 Å². The van der Waals surface area contributed by atoms with Crippen LogP contribution in [0.2, 0.25) is 0 Å². The Morgan fingerprint density at radius 1 is 1.08 bits per heavy atom. The van der Waals surface area contributed by atoms with E-state index in [0.29, 0.717) is 13.1 Å². The monoisotopic (exact) mass is 391 g/mol. The molecule has 0 saturated carbocycles. The Hall–Kier alpha value is -1.69. The second-order valence-electron chi connectivity index (χ2n) is 6.29. The van der Waals surface area contributed by atoms with Crippen LogP contribution in [0.5, 0.6) is 0 Å². The minimum atomic E-state index is -0.00200. The van der Waals surface area contributed by atoms with E-state index < -0.39 is 0 Å². The molecule has 0 radical (unpaired) electrons. The number of amides is 1. The van der Waals surface area contributed by atoms with Crippen molar-refractivity contribution in [1.29, 1.82) is 0 Å². The van der Waals surface area contributed by atoms with E-state index in [1.807, 2.05) is 25.7 Å². The topological polar surface area (TPSA) is 44.4 Å². The minimum absolute atomic E-state index is 0. The van der Waals surface area contributed by atoms with E-state index in [1.54, 1.807) is 0 Å². The van der Waals surface area contributed by atoms with Gasteiger partial charge in [-0.05, 0) is 37.7 Å². The summed E-state index contributed by atoms with van der Waals surface area (Å²) in [5.74, 6) is 0.113. The van der Waals surface area contributed by atoms with Gasteiger partial charge in [-0.1, -0.05) is 43.0 Å². The van der Waals surface area contributed by atoms with Crippen LogP contribution in [-0.4, -0.2) is 32.6 Å². The number of carbonyl (C=O) groups excluding carboxylic acids is 1. The normalized spacial score (nSPS) is 13.2. The van der Waals surface area contributed by atoms with Gasteiger partial charge in [-0.15, -0.1) is 12.4 Å². The summed E-state index contributed by atoms with van der Waals surface area (Å²) in [7, 11) is 1.87. The Morgan fingerprint density at radius 3 is 2.23 bits per heavy atom. The van der Waals surface area contributed by atoms with Gasteiger partial charge in [-0.25, -0.2) is 0 Å². The van der Waals surface area contributed by atoms with Crippen molar-refractivity contribution < 1.29 is 4.79 Å². The van der Waals surface area contributed by atoms with E-state index in [1.165, 1.54) is 21.2 Å². The van der Waals surface area contributed by atoms with Crippen molar-refractivity contribution in [3.63, 3.8) is 0 Å². The number of nitrogens with zero attached hydrogens (tertiary/aromatic N) is 1. The van der Waals surface area contributed by atoms with Crippen LogP contribution in [0.25, 0.3) is 0 Å². The van der Waals surface area contributed by atoms with Crippen LogP contribution in [0.3, 0.4) is 0 Å². The molecule has 0 fully saturated rings. The van der Waals surface area contributed by atoms with Crippen molar-refractivity contribution >= 4 is 41.5 Å². The molecule has 1 amide bonds. The van der Waals surface area contributed by atoms with Crippen LogP contribution in [0.15, 0.2) is 58.3 Å². The summed E-state index contributed by atoms with van der Waals surface area (Å²) < 4.78 is 0. The maximum Gasteiger partial charge on any atom is 0.224 e. The van der Waals surface area contributed by atoms with E-state index in [9.17, 15) is 4.79 Å². The molecule has 0 spiro atoms. The third-order valence-electron chi connectivity index (χ3n) is 4.35. The van der Waals surface area contributed by atoms with Crippen LogP contribution in [0.4, 0.5) is 11.4 Å². The fourth-order valence-corrected chi connectivity index (χ4v) is 4.14. The van der Waals surface area contributed by atoms with E-state index in [2.05, 4.69) is 64.1 Å². The molecule has 3 rings (SSSR count). The van der Waals surface area contributed by atoms with Crippen molar-refractivity contribution in [2.75, 3.05) is 31.6 Å². The zero-order chi connectivity index (χ0) is 17.6. The Bertz CT molecular complexity index is 695. The highest BCUT2D eigenvalue weighted by atomic mass is 35.5. The molecule has 140 valence electrons. The number of benzene rings is 2. The summed E-state index contributed by atoms with van der Waals surface area (Å²) in [6, 6.07) is 17.0. The van der Waals surface area contributed by atoms with Crippen LogP contribution < -0.4 is 15.5 Å². The first-order chi connectivity index (χ1) is 12.2. The van der Waals surface area contributed by atoms with E-state index >= 15 is 0 Å². The summed E-state index contributed by atoms with van der Waals surface area (Å²) in [6.07, 6.45) is 0.908. The molecule has 0 aliphatic carbocycles. The summed E-state index contributed by atoms with van der Waals surface area (Å²) in [4.78, 5) is 16.9. The molecule has 0 saturated heterocycles. The van der Waals surface area contributed by atoms with E-state index in [0.717, 1.165) is 13.0 Å². The van der Waals surface area contributed by atoms with Crippen molar-refractivity contribution in [2.45, 2.75) is 23.1 Å². The first-order valence-electron chi connectivity index (χ1n) is 8.76. The minimum Gasteiger partial charge on any atom is -0.356 e. The molecule has 0 aromatic heterocycles. The summed E-state index contributed by atoms with van der Waals surface area (Å²) in [5, 5.41) is 6.09. The molecule has 6 heteroatoms. The number of carbonyl (C=O) groups is 1. The third-order valence-corrected chi connectivity index (χ3v) is 5.48. The SMILES string of the molecule is CNCC(C)C(=O)NCCCN1c2ccccc2Sc2ccccc21.Cl. The first kappa shape index (κ1) is 20.6. The zero-order valence-electron chi connectivity index (χ0n) is 15.2. The molecule has 1 atom stereocenters. The lowest BCUT2D eigenvalue weighted by molar-refractivity contribution is -0.124. The second-order valence-corrected chi connectivity index (χ2v) is 7.38. The molecular formula is C20H26ClN3OS. The quantitative estimate of drug-likeness (QED) is 0.698. The lowest BCUT2D eigenvalue weighted by atomic mass is 10.1. The average molecular weight is 392 g/mol.